The van der Waals surface area contributed by atoms with Crippen LogP contribution >= 0.6 is 11.6 Å². The van der Waals surface area contributed by atoms with Gasteiger partial charge in [0.2, 0.25) is 11.2 Å². The molecular weight excluding hydrogens is 220 g/mol. The Morgan fingerprint density at radius 2 is 2.40 bits per heavy atom. The fraction of sp³-hybridized carbons (Fsp3) is 0.375. The first kappa shape index (κ1) is 10.1. The quantitative estimate of drug-likeness (QED) is 0.650. The van der Waals surface area contributed by atoms with Crippen LogP contribution in [0.15, 0.2) is 6.20 Å². The van der Waals surface area contributed by atoms with Gasteiger partial charge < -0.3 is 15.7 Å². The first-order valence-corrected chi connectivity index (χ1v) is 4.72. The fourth-order valence-electron chi connectivity index (χ4n) is 1.50. The Morgan fingerprint density at radius 3 is 2.93 bits per heavy atom. The summed E-state index contributed by atoms with van der Waals surface area (Å²) in [7, 11) is 0. The number of hydrogen-bond acceptors (Lipinski definition) is 5. The Kier molecular flexibility index (Phi) is 2.45. The summed E-state index contributed by atoms with van der Waals surface area (Å²) >= 11 is 5.53. The van der Waals surface area contributed by atoms with E-state index in [0.29, 0.717) is 5.69 Å². The summed E-state index contributed by atoms with van der Waals surface area (Å²) in [5, 5.41) is 9.34. The molecule has 1 aliphatic rings. The van der Waals surface area contributed by atoms with Crippen molar-refractivity contribution in [1.82, 2.24) is 9.97 Å². The highest BCUT2D eigenvalue weighted by molar-refractivity contribution is 6.28. The maximum absolute atomic E-state index is 11.4. The molecule has 1 aliphatic heterocycles. The van der Waals surface area contributed by atoms with Gasteiger partial charge in [-0.1, -0.05) is 0 Å². The van der Waals surface area contributed by atoms with Crippen LogP contribution < -0.4 is 10.6 Å². The van der Waals surface area contributed by atoms with Crippen LogP contribution in [0.4, 0.5) is 11.5 Å². The van der Waals surface area contributed by atoms with Crippen LogP contribution in [0.2, 0.25) is 5.28 Å². The Morgan fingerprint density at radius 1 is 1.67 bits per heavy atom. The van der Waals surface area contributed by atoms with Crippen molar-refractivity contribution in [3.63, 3.8) is 0 Å². The van der Waals surface area contributed by atoms with Crippen LogP contribution in [0.1, 0.15) is 6.42 Å². The molecule has 6 nitrogen and oxygen atoms in total. The number of halogens is 1. The normalized spacial score (nSPS) is 21.1. The second kappa shape index (κ2) is 3.63. The highest BCUT2D eigenvalue weighted by atomic mass is 35.5. The molecule has 1 aromatic heterocycles. The van der Waals surface area contributed by atoms with E-state index >= 15 is 0 Å². The van der Waals surface area contributed by atoms with Crippen LogP contribution in [0, 0.1) is 0 Å². The van der Waals surface area contributed by atoms with Gasteiger partial charge in [-0.05, 0) is 11.6 Å². The van der Waals surface area contributed by atoms with E-state index in [4.69, 9.17) is 17.3 Å². The topological polar surface area (TPSA) is 92.3 Å². The van der Waals surface area contributed by atoms with E-state index < -0.39 is 6.10 Å². The molecular formula is C8H9ClN4O2. The maximum atomic E-state index is 11.4. The average molecular weight is 229 g/mol. The van der Waals surface area contributed by atoms with E-state index in [9.17, 15) is 9.90 Å². The summed E-state index contributed by atoms with van der Waals surface area (Å²) in [6.07, 6.45) is 0.815. The lowest BCUT2D eigenvalue weighted by molar-refractivity contribution is -0.117. The molecule has 3 N–H and O–H groups in total. The van der Waals surface area contributed by atoms with Gasteiger partial charge in [0, 0.05) is 0 Å². The molecule has 2 rings (SSSR count). The molecule has 0 radical (unpaired) electrons. The zero-order valence-corrected chi connectivity index (χ0v) is 8.48. The van der Waals surface area contributed by atoms with E-state index in [1.165, 1.54) is 11.1 Å². The summed E-state index contributed by atoms with van der Waals surface area (Å²) in [4.78, 5) is 20.3. The number of aliphatic hydroxyl groups excluding tert-OH is 1. The van der Waals surface area contributed by atoms with Crippen LogP contribution in [0.3, 0.4) is 0 Å². The van der Waals surface area contributed by atoms with Crippen LogP contribution in [-0.2, 0) is 4.79 Å². The summed E-state index contributed by atoms with van der Waals surface area (Å²) in [6.45, 7) is 0.216. The predicted octanol–water partition coefficient (Wildman–Crippen LogP) is -0.190. The van der Waals surface area contributed by atoms with Crippen molar-refractivity contribution < 1.29 is 9.90 Å². The molecule has 1 atom stereocenters. The predicted molar refractivity (Wildman–Crippen MR) is 54.4 cm³/mol. The number of aromatic nitrogens is 2. The highest BCUT2D eigenvalue weighted by Gasteiger charge is 2.30. The largest absolute Gasteiger partial charge is 0.391 e. The molecule has 1 fully saturated rings. The lowest BCUT2D eigenvalue weighted by Crippen LogP contribution is -2.26. The average Bonchev–Trinajstić information content (AvgIpc) is 2.45. The number of nitrogen functional groups attached to an aromatic ring is 1. The molecule has 0 bridgehead atoms. The van der Waals surface area contributed by atoms with Gasteiger partial charge in [-0.25, -0.2) is 4.98 Å². The van der Waals surface area contributed by atoms with E-state index in [-0.39, 0.29) is 30.0 Å². The fourth-order valence-corrected chi connectivity index (χ4v) is 1.64. The zero-order valence-electron chi connectivity index (χ0n) is 7.72. The summed E-state index contributed by atoms with van der Waals surface area (Å²) in [5.41, 5.74) is 5.99. The molecule has 1 saturated heterocycles. The van der Waals surface area contributed by atoms with Crippen molar-refractivity contribution in [2.75, 3.05) is 17.2 Å². The SMILES string of the molecule is Nc1nc(Cl)ncc1N1CC(O)CC1=O. The third-order valence-corrected chi connectivity index (χ3v) is 2.35. The third kappa shape index (κ3) is 1.86. The number of aliphatic hydroxyl groups is 1. The lowest BCUT2D eigenvalue weighted by Gasteiger charge is -2.16. The first-order chi connectivity index (χ1) is 7.08. The van der Waals surface area contributed by atoms with Crippen LogP contribution in [-0.4, -0.2) is 33.6 Å². The number of rotatable bonds is 1. The van der Waals surface area contributed by atoms with Gasteiger partial charge in [0.1, 0.15) is 5.69 Å². The number of β-amino-alcohol motifs (C(OH)–C–C–N with tert-alkyl or cyclic N) is 1. The van der Waals surface area contributed by atoms with Crippen molar-refractivity contribution in [2.24, 2.45) is 0 Å². The minimum atomic E-state index is -0.660. The van der Waals surface area contributed by atoms with Crippen molar-refractivity contribution >= 4 is 29.0 Å². The molecule has 80 valence electrons. The van der Waals surface area contributed by atoms with E-state index in [1.807, 2.05) is 0 Å². The van der Waals surface area contributed by atoms with E-state index in [1.54, 1.807) is 0 Å². The molecule has 0 aliphatic carbocycles. The van der Waals surface area contributed by atoms with Crippen molar-refractivity contribution in [3.8, 4) is 0 Å². The number of carbonyl (C=O) groups is 1. The standard InChI is InChI=1S/C8H9ClN4O2/c9-8-11-2-5(7(10)12-8)13-3-4(14)1-6(13)15/h2,4,14H,1,3H2,(H2,10,11,12). The molecule has 0 spiro atoms. The van der Waals surface area contributed by atoms with Crippen molar-refractivity contribution in [3.05, 3.63) is 11.5 Å². The Labute approximate surface area is 90.7 Å². The smallest absolute Gasteiger partial charge is 0.229 e. The lowest BCUT2D eigenvalue weighted by atomic mass is 10.3. The summed E-state index contributed by atoms with van der Waals surface area (Å²) < 4.78 is 0. The minimum Gasteiger partial charge on any atom is -0.391 e. The van der Waals surface area contributed by atoms with Crippen molar-refractivity contribution in [2.45, 2.75) is 12.5 Å². The number of nitrogens with zero attached hydrogens (tertiary/aromatic N) is 3. The highest BCUT2D eigenvalue weighted by Crippen LogP contribution is 2.25. The van der Waals surface area contributed by atoms with Gasteiger partial charge in [0.05, 0.1) is 25.3 Å². The molecule has 0 saturated carbocycles. The number of hydrogen-bond donors (Lipinski definition) is 2. The number of nitrogens with two attached hydrogens (primary N) is 1. The molecule has 1 amide bonds. The zero-order chi connectivity index (χ0) is 11.0. The van der Waals surface area contributed by atoms with Crippen molar-refractivity contribution in [1.29, 1.82) is 0 Å². The van der Waals surface area contributed by atoms with Gasteiger partial charge in [0.25, 0.3) is 0 Å². The summed E-state index contributed by atoms with van der Waals surface area (Å²) in [6, 6.07) is 0. The molecule has 7 heteroatoms. The second-order valence-corrected chi connectivity index (χ2v) is 3.61. The van der Waals surface area contributed by atoms with Gasteiger partial charge >= 0.3 is 0 Å². The van der Waals surface area contributed by atoms with E-state index in [0.717, 1.165) is 0 Å². The Bertz CT molecular complexity index is 412. The van der Waals surface area contributed by atoms with Gasteiger partial charge in [-0.2, -0.15) is 4.98 Å². The van der Waals surface area contributed by atoms with Gasteiger partial charge in [0.15, 0.2) is 5.82 Å². The van der Waals surface area contributed by atoms with Gasteiger partial charge in [-0.15, -0.1) is 0 Å². The molecule has 0 aromatic carbocycles. The summed E-state index contributed by atoms with van der Waals surface area (Å²) in [5.74, 6) is -0.0578. The molecule has 2 heterocycles. The number of amides is 1. The minimum absolute atomic E-state index is 0.0310. The third-order valence-electron chi connectivity index (χ3n) is 2.16. The first-order valence-electron chi connectivity index (χ1n) is 4.34. The monoisotopic (exact) mass is 228 g/mol. The second-order valence-electron chi connectivity index (χ2n) is 3.27. The Hall–Kier alpha value is -1.40. The van der Waals surface area contributed by atoms with Gasteiger partial charge in [-0.3, -0.25) is 4.79 Å². The molecule has 1 aromatic rings. The number of carbonyl (C=O) groups excluding carboxylic acids is 1. The maximum Gasteiger partial charge on any atom is 0.229 e. The van der Waals surface area contributed by atoms with Crippen LogP contribution in [0.5, 0.6) is 0 Å². The number of anilines is 2. The Balaban J connectivity index is 2.34. The van der Waals surface area contributed by atoms with E-state index in [2.05, 4.69) is 9.97 Å². The van der Waals surface area contributed by atoms with Crippen LogP contribution in [0.25, 0.3) is 0 Å². The molecule has 1 unspecified atom stereocenters. The molecule has 15 heavy (non-hydrogen) atoms.